The second-order valence-corrected chi connectivity index (χ2v) is 14.1. The van der Waals surface area contributed by atoms with Gasteiger partial charge in [-0.05, 0) is 12.8 Å². The van der Waals surface area contributed by atoms with Gasteiger partial charge in [0.1, 0.15) is 5.78 Å². The zero-order valence-corrected chi connectivity index (χ0v) is 29.8. The average molecular weight is 591 g/mol. The Labute approximate surface area is 267 Å². The SMILES string of the molecule is CCCCCCCCCCCCCCCCCCCCCCCCCCCCC(=O)CCCCCCCCCCCC. The van der Waals surface area contributed by atoms with Crippen molar-refractivity contribution in [1.29, 1.82) is 0 Å². The van der Waals surface area contributed by atoms with Crippen LogP contribution in [0.5, 0.6) is 0 Å². The van der Waals surface area contributed by atoms with E-state index in [2.05, 4.69) is 13.8 Å². The van der Waals surface area contributed by atoms with E-state index < -0.39 is 0 Å². The molecule has 1 nitrogen and oxygen atoms in total. The van der Waals surface area contributed by atoms with E-state index >= 15 is 0 Å². The first-order valence-electron chi connectivity index (χ1n) is 20.3. The molecule has 0 aliphatic rings. The molecule has 0 amide bonds. The van der Waals surface area contributed by atoms with Gasteiger partial charge >= 0.3 is 0 Å². The normalized spacial score (nSPS) is 11.5. The van der Waals surface area contributed by atoms with Gasteiger partial charge in [-0.2, -0.15) is 0 Å². The van der Waals surface area contributed by atoms with Crippen molar-refractivity contribution >= 4 is 5.78 Å². The second-order valence-electron chi connectivity index (χ2n) is 14.1. The lowest BCUT2D eigenvalue weighted by Gasteiger charge is -2.05. The number of ketones is 1. The van der Waals surface area contributed by atoms with E-state index in [9.17, 15) is 4.79 Å². The molecule has 0 fully saturated rings. The number of hydrogen-bond acceptors (Lipinski definition) is 1. The molecule has 0 aromatic heterocycles. The van der Waals surface area contributed by atoms with Crippen molar-refractivity contribution in [3.8, 4) is 0 Å². The van der Waals surface area contributed by atoms with E-state index in [0.29, 0.717) is 5.78 Å². The second kappa shape index (κ2) is 38.7. The van der Waals surface area contributed by atoms with Crippen LogP contribution in [-0.4, -0.2) is 5.78 Å². The van der Waals surface area contributed by atoms with Gasteiger partial charge in [-0.3, -0.25) is 4.79 Å². The molecular weight excluding hydrogens is 508 g/mol. The Morgan fingerprint density at radius 1 is 0.238 bits per heavy atom. The van der Waals surface area contributed by atoms with Crippen molar-refractivity contribution in [2.75, 3.05) is 0 Å². The highest BCUT2D eigenvalue weighted by Crippen LogP contribution is 2.17. The van der Waals surface area contributed by atoms with E-state index in [4.69, 9.17) is 0 Å². The summed E-state index contributed by atoms with van der Waals surface area (Å²) < 4.78 is 0. The van der Waals surface area contributed by atoms with Crippen LogP contribution >= 0.6 is 0 Å². The lowest BCUT2D eigenvalue weighted by Crippen LogP contribution is -1.97. The summed E-state index contributed by atoms with van der Waals surface area (Å²) in [7, 11) is 0. The van der Waals surface area contributed by atoms with Gasteiger partial charge in [0.05, 0.1) is 0 Å². The number of Topliss-reactive ketones (excluding diaryl/α,β-unsaturated/α-hetero) is 1. The third kappa shape index (κ3) is 37.7. The highest BCUT2D eigenvalue weighted by atomic mass is 16.1. The van der Waals surface area contributed by atoms with E-state index in [1.54, 1.807) is 0 Å². The average Bonchev–Trinajstić information content (AvgIpc) is 3.00. The first-order chi connectivity index (χ1) is 20.8. The summed E-state index contributed by atoms with van der Waals surface area (Å²) >= 11 is 0. The molecule has 0 unspecified atom stereocenters. The lowest BCUT2D eigenvalue weighted by molar-refractivity contribution is -0.119. The van der Waals surface area contributed by atoms with Gasteiger partial charge in [0, 0.05) is 12.8 Å². The number of rotatable bonds is 38. The zero-order valence-electron chi connectivity index (χ0n) is 29.8. The summed E-state index contributed by atoms with van der Waals surface area (Å²) in [6, 6.07) is 0. The molecule has 252 valence electrons. The van der Waals surface area contributed by atoms with Gasteiger partial charge in [-0.1, -0.05) is 232 Å². The highest BCUT2D eigenvalue weighted by molar-refractivity contribution is 5.78. The largest absolute Gasteiger partial charge is 0.300 e. The molecule has 0 aliphatic carbocycles. The Morgan fingerprint density at radius 2 is 0.381 bits per heavy atom. The molecule has 0 N–H and O–H groups in total. The zero-order chi connectivity index (χ0) is 30.4. The Bertz CT molecular complexity index is 483. The van der Waals surface area contributed by atoms with Crippen LogP contribution in [0, 0.1) is 0 Å². The molecule has 1 heteroatoms. The Morgan fingerprint density at radius 3 is 0.548 bits per heavy atom. The molecule has 0 bridgehead atoms. The maximum absolute atomic E-state index is 12.1. The molecule has 42 heavy (non-hydrogen) atoms. The van der Waals surface area contributed by atoms with Gasteiger partial charge in [0.25, 0.3) is 0 Å². The fraction of sp³-hybridized carbons (Fsp3) is 0.976. The number of carbonyl (C=O) groups is 1. The fourth-order valence-corrected chi connectivity index (χ4v) is 6.57. The van der Waals surface area contributed by atoms with E-state index in [1.165, 1.54) is 218 Å². The summed E-state index contributed by atoms with van der Waals surface area (Å²) in [5.74, 6) is 0.527. The Balaban J connectivity index is 3.11. The first kappa shape index (κ1) is 41.7. The topological polar surface area (TPSA) is 17.1 Å². The van der Waals surface area contributed by atoms with Crippen LogP contribution in [0.25, 0.3) is 0 Å². The summed E-state index contributed by atoms with van der Waals surface area (Å²) in [4.78, 5) is 12.1. The lowest BCUT2D eigenvalue weighted by atomic mass is 10.0. The van der Waals surface area contributed by atoms with Gasteiger partial charge in [0.15, 0.2) is 0 Å². The number of carbonyl (C=O) groups excluding carboxylic acids is 1. The van der Waals surface area contributed by atoms with E-state index in [0.717, 1.165) is 25.7 Å². The van der Waals surface area contributed by atoms with Crippen LogP contribution in [0.15, 0.2) is 0 Å². The van der Waals surface area contributed by atoms with Crippen molar-refractivity contribution in [1.82, 2.24) is 0 Å². The predicted octanol–water partition coefficient (Wildman–Crippen LogP) is 15.4. The third-order valence-electron chi connectivity index (χ3n) is 9.62. The van der Waals surface area contributed by atoms with Crippen molar-refractivity contribution in [3.05, 3.63) is 0 Å². The molecule has 0 radical (unpaired) electrons. The van der Waals surface area contributed by atoms with Crippen LogP contribution in [0.2, 0.25) is 0 Å². The minimum absolute atomic E-state index is 0.527. The van der Waals surface area contributed by atoms with Crippen LogP contribution in [0.3, 0.4) is 0 Å². The molecule has 0 aliphatic heterocycles. The predicted molar refractivity (Wildman–Crippen MR) is 192 cm³/mol. The monoisotopic (exact) mass is 591 g/mol. The van der Waals surface area contributed by atoms with Gasteiger partial charge < -0.3 is 0 Å². The van der Waals surface area contributed by atoms with Crippen LogP contribution in [-0.2, 0) is 4.79 Å². The molecule has 0 heterocycles. The number of hydrogen-bond donors (Lipinski definition) is 0. The molecule has 0 rings (SSSR count). The quantitative estimate of drug-likeness (QED) is 0.0654. The van der Waals surface area contributed by atoms with Gasteiger partial charge in [-0.15, -0.1) is 0 Å². The molecule has 0 aromatic rings. The van der Waals surface area contributed by atoms with Crippen molar-refractivity contribution in [3.63, 3.8) is 0 Å². The molecule has 0 saturated heterocycles. The Kier molecular flexibility index (Phi) is 38.4. The molecular formula is C41H82O. The first-order valence-corrected chi connectivity index (χ1v) is 20.3. The summed E-state index contributed by atoms with van der Waals surface area (Å²) in [6.45, 7) is 4.59. The third-order valence-corrected chi connectivity index (χ3v) is 9.62. The maximum atomic E-state index is 12.1. The van der Waals surface area contributed by atoms with Crippen molar-refractivity contribution in [2.24, 2.45) is 0 Å². The number of unbranched alkanes of at least 4 members (excludes halogenated alkanes) is 34. The van der Waals surface area contributed by atoms with Crippen molar-refractivity contribution in [2.45, 2.75) is 258 Å². The fourth-order valence-electron chi connectivity index (χ4n) is 6.57. The van der Waals surface area contributed by atoms with Crippen LogP contribution < -0.4 is 0 Å². The van der Waals surface area contributed by atoms with Crippen LogP contribution in [0.1, 0.15) is 258 Å². The smallest absolute Gasteiger partial charge is 0.132 e. The van der Waals surface area contributed by atoms with Gasteiger partial charge in [0.2, 0.25) is 0 Å². The highest BCUT2D eigenvalue weighted by Gasteiger charge is 2.02. The molecule has 0 spiro atoms. The van der Waals surface area contributed by atoms with Crippen LogP contribution in [0.4, 0.5) is 0 Å². The minimum atomic E-state index is 0.527. The summed E-state index contributed by atoms with van der Waals surface area (Å²) in [5.41, 5.74) is 0. The van der Waals surface area contributed by atoms with E-state index in [1.807, 2.05) is 0 Å². The summed E-state index contributed by atoms with van der Waals surface area (Å²) in [6.07, 6.45) is 52.4. The maximum Gasteiger partial charge on any atom is 0.132 e. The summed E-state index contributed by atoms with van der Waals surface area (Å²) in [5, 5.41) is 0. The molecule has 0 atom stereocenters. The van der Waals surface area contributed by atoms with Crippen molar-refractivity contribution < 1.29 is 4.79 Å². The standard InChI is InChI=1S/C41H82O/c1-3-5-7-9-11-13-15-16-17-18-19-20-21-22-23-24-25-26-27-28-29-30-32-34-36-38-40-41(42)39-37-35-33-31-14-12-10-8-6-4-2/h3-40H2,1-2H3. The van der Waals surface area contributed by atoms with E-state index in [-0.39, 0.29) is 0 Å². The minimum Gasteiger partial charge on any atom is -0.300 e. The molecule has 0 aromatic carbocycles. The van der Waals surface area contributed by atoms with Gasteiger partial charge in [-0.25, -0.2) is 0 Å². The molecule has 0 saturated carbocycles. The Hall–Kier alpha value is -0.330.